The summed E-state index contributed by atoms with van der Waals surface area (Å²) >= 11 is 0. The minimum atomic E-state index is -0.311. The van der Waals surface area contributed by atoms with Gasteiger partial charge in [0.1, 0.15) is 0 Å². The Bertz CT molecular complexity index is 616. The minimum absolute atomic E-state index is 0.0636. The van der Waals surface area contributed by atoms with Gasteiger partial charge in [-0.2, -0.15) is 0 Å². The fourth-order valence-electron chi connectivity index (χ4n) is 1.53. The maximum atomic E-state index is 11.8. The van der Waals surface area contributed by atoms with Crippen LogP contribution >= 0.6 is 0 Å². The molecule has 1 N–H and O–H groups in total. The van der Waals surface area contributed by atoms with E-state index in [1.54, 1.807) is 19.2 Å². The SMILES string of the molecule is CC(=O)Nc1nc2ccccc2n(C)c1=O. The topological polar surface area (TPSA) is 64.0 Å². The molecule has 0 atom stereocenters. The molecule has 16 heavy (non-hydrogen) atoms. The van der Waals surface area contributed by atoms with Crippen molar-refractivity contribution < 1.29 is 4.79 Å². The van der Waals surface area contributed by atoms with Gasteiger partial charge in [-0.3, -0.25) is 9.59 Å². The van der Waals surface area contributed by atoms with Crippen LogP contribution in [0.25, 0.3) is 11.0 Å². The summed E-state index contributed by atoms with van der Waals surface area (Å²) < 4.78 is 1.47. The maximum Gasteiger partial charge on any atom is 0.293 e. The van der Waals surface area contributed by atoms with Crippen molar-refractivity contribution in [3.63, 3.8) is 0 Å². The summed E-state index contributed by atoms with van der Waals surface area (Å²) in [7, 11) is 1.65. The highest BCUT2D eigenvalue weighted by atomic mass is 16.2. The average molecular weight is 217 g/mol. The molecule has 0 bridgehead atoms. The smallest absolute Gasteiger partial charge is 0.293 e. The Morgan fingerprint density at radius 1 is 1.38 bits per heavy atom. The first-order valence-corrected chi connectivity index (χ1v) is 4.83. The third-order valence-electron chi connectivity index (χ3n) is 2.28. The van der Waals surface area contributed by atoms with E-state index in [1.807, 2.05) is 12.1 Å². The second kappa shape index (κ2) is 3.77. The van der Waals surface area contributed by atoms with Crippen molar-refractivity contribution in [2.75, 3.05) is 5.32 Å². The number of aromatic nitrogens is 2. The van der Waals surface area contributed by atoms with Crippen LogP contribution in [0.5, 0.6) is 0 Å². The Morgan fingerprint density at radius 3 is 2.75 bits per heavy atom. The van der Waals surface area contributed by atoms with Crippen LogP contribution < -0.4 is 10.9 Å². The molecule has 1 aromatic carbocycles. The quantitative estimate of drug-likeness (QED) is 0.771. The lowest BCUT2D eigenvalue weighted by Crippen LogP contribution is -2.24. The molecule has 1 heterocycles. The monoisotopic (exact) mass is 217 g/mol. The lowest BCUT2D eigenvalue weighted by molar-refractivity contribution is -0.114. The van der Waals surface area contributed by atoms with E-state index < -0.39 is 0 Å². The van der Waals surface area contributed by atoms with Gasteiger partial charge >= 0.3 is 0 Å². The van der Waals surface area contributed by atoms with Crippen molar-refractivity contribution in [1.29, 1.82) is 0 Å². The molecule has 2 rings (SSSR count). The Labute approximate surface area is 91.7 Å². The lowest BCUT2D eigenvalue weighted by Gasteiger charge is -2.07. The molecule has 5 heteroatoms. The van der Waals surface area contributed by atoms with Crippen molar-refractivity contribution >= 4 is 22.8 Å². The van der Waals surface area contributed by atoms with E-state index in [-0.39, 0.29) is 17.3 Å². The molecule has 0 spiro atoms. The largest absolute Gasteiger partial charge is 0.307 e. The highest BCUT2D eigenvalue weighted by molar-refractivity contribution is 5.88. The molecule has 0 saturated heterocycles. The van der Waals surface area contributed by atoms with Crippen molar-refractivity contribution in [1.82, 2.24) is 9.55 Å². The van der Waals surface area contributed by atoms with E-state index in [1.165, 1.54) is 11.5 Å². The van der Waals surface area contributed by atoms with Gasteiger partial charge in [0.2, 0.25) is 5.91 Å². The fourth-order valence-corrected chi connectivity index (χ4v) is 1.53. The molecule has 0 aliphatic rings. The zero-order valence-corrected chi connectivity index (χ0v) is 9.02. The summed E-state index contributed by atoms with van der Waals surface area (Å²) in [6.45, 7) is 1.34. The Morgan fingerprint density at radius 2 is 2.06 bits per heavy atom. The van der Waals surface area contributed by atoms with Crippen LogP contribution in [-0.4, -0.2) is 15.5 Å². The van der Waals surface area contributed by atoms with Gasteiger partial charge in [0.05, 0.1) is 11.0 Å². The van der Waals surface area contributed by atoms with Crippen LogP contribution in [-0.2, 0) is 11.8 Å². The van der Waals surface area contributed by atoms with Crippen LogP contribution in [0.4, 0.5) is 5.82 Å². The van der Waals surface area contributed by atoms with E-state index in [4.69, 9.17) is 0 Å². The number of nitrogens with one attached hydrogen (secondary N) is 1. The summed E-state index contributed by atoms with van der Waals surface area (Å²) in [6, 6.07) is 7.26. The molecule has 0 fully saturated rings. The van der Waals surface area contributed by atoms with Crippen LogP contribution in [0.15, 0.2) is 29.1 Å². The maximum absolute atomic E-state index is 11.8. The average Bonchev–Trinajstić information content (AvgIpc) is 2.25. The first kappa shape index (κ1) is 10.4. The molecule has 0 unspecified atom stereocenters. The number of carbonyl (C=O) groups excluding carboxylic acids is 1. The number of anilines is 1. The highest BCUT2D eigenvalue weighted by Gasteiger charge is 2.08. The third kappa shape index (κ3) is 1.67. The van der Waals surface area contributed by atoms with Crippen LogP contribution in [0.1, 0.15) is 6.92 Å². The zero-order chi connectivity index (χ0) is 11.7. The molecule has 0 radical (unpaired) electrons. The standard InChI is InChI=1S/C11H11N3O2/c1-7(15)12-10-11(16)14(2)9-6-4-3-5-8(9)13-10/h3-6H,1-2H3,(H,12,13,15). The number of amides is 1. The van der Waals surface area contributed by atoms with E-state index in [0.29, 0.717) is 5.52 Å². The molecule has 1 amide bonds. The minimum Gasteiger partial charge on any atom is -0.307 e. The van der Waals surface area contributed by atoms with Gasteiger partial charge in [-0.15, -0.1) is 0 Å². The van der Waals surface area contributed by atoms with Gasteiger partial charge in [-0.05, 0) is 12.1 Å². The van der Waals surface area contributed by atoms with Crippen molar-refractivity contribution in [3.05, 3.63) is 34.6 Å². The predicted molar refractivity (Wildman–Crippen MR) is 61.3 cm³/mol. The van der Waals surface area contributed by atoms with Crippen LogP contribution in [0.2, 0.25) is 0 Å². The summed E-state index contributed by atoms with van der Waals surface area (Å²) in [5, 5.41) is 2.42. The highest BCUT2D eigenvalue weighted by Crippen LogP contribution is 2.10. The summed E-state index contributed by atoms with van der Waals surface area (Å²) in [6.07, 6.45) is 0. The second-order valence-electron chi connectivity index (χ2n) is 3.49. The first-order chi connectivity index (χ1) is 7.59. The molecule has 0 aliphatic carbocycles. The summed E-state index contributed by atoms with van der Waals surface area (Å²) in [5.74, 6) is -0.242. The third-order valence-corrected chi connectivity index (χ3v) is 2.28. The zero-order valence-electron chi connectivity index (χ0n) is 9.02. The van der Waals surface area contributed by atoms with E-state index in [9.17, 15) is 9.59 Å². The summed E-state index contributed by atoms with van der Waals surface area (Å²) in [4.78, 5) is 26.8. The van der Waals surface area contributed by atoms with Gasteiger partial charge in [0, 0.05) is 14.0 Å². The number of aryl methyl sites for hydroxylation is 1. The van der Waals surface area contributed by atoms with Crippen LogP contribution in [0.3, 0.4) is 0 Å². The summed E-state index contributed by atoms with van der Waals surface area (Å²) in [5.41, 5.74) is 1.10. The van der Waals surface area contributed by atoms with E-state index in [2.05, 4.69) is 10.3 Å². The Balaban J connectivity index is 2.74. The van der Waals surface area contributed by atoms with Gasteiger partial charge in [0.15, 0.2) is 5.82 Å². The predicted octanol–water partition coefficient (Wildman–Crippen LogP) is 0.892. The molecule has 82 valence electrons. The van der Waals surface area contributed by atoms with Gasteiger partial charge < -0.3 is 9.88 Å². The number of fused-ring (bicyclic) bond motifs is 1. The number of nitrogens with zero attached hydrogens (tertiary/aromatic N) is 2. The molecule has 0 aliphatic heterocycles. The van der Waals surface area contributed by atoms with Crippen molar-refractivity contribution in [2.45, 2.75) is 6.92 Å². The molecular formula is C11H11N3O2. The normalized spacial score (nSPS) is 10.4. The number of hydrogen-bond donors (Lipinski definition) is 1. The van der Waals surface area contributed by atoms with Gasteiger partial charge in [-0.1, -0.05) is 12.1 Å². The molecule has 5 nitrogen and oxygen atoms in total. The van der Waals surface area contributed by atoms with Gasteiger partial charge in [0.25, 0.3) is 5.56 Å². The van der Waals surface area contributed by atoms with Gasteiger partial charge in [-0.25, -0.2) is 4.98 Å². The molecule has 1 aromatic heterocycles. The fraction of sp³-hybridized carbons (Fsp3) is 0.182. The number of rotatable bonds is 1. The number of hydrogen-bond acceptors (Lipinski definition) is 3. The lowest BCUT2D eigenvalue weighted by atomic mass is 10.3. The number of carbonyl (C=O) groups is 1. The molecule has 0 saturated carbocycles. The number of benzene rings is 1. The van der Waals surface area contributed by atoms with Crippen molar-refractivity contribution in [2.24, 2.45) is 7.05 Å². The van der Waals surface area contributed by atoms with E-state index >= 15 is 0 Å². The number of para-hydroxylation sites is 2. The van der Waals surface area contributed by atoms with E-state index in [0.717, 1.165) is 5.52 Å². The molecular weight excluding hydrogens is 206 g/mol. The Hall–Kier alpha value is -2.17. The van der Waals surface area contributed by atoms with Crippen LogP contribution in [0, 0.1) is 0 Å². The second-order valence-corrected chi connectivity index (χ2v) is 3.49. The first-order valence-electron chi connectivity index (χ1n) is 4.83. The van der Waals surface area contributed by atoms with Crippen molar-refractivity contribution in [3.8, 4) is 0 Å². The molecule has 2 aromatic rings. The Kier molecular flexibility index (Phi) is 2.44.